The Balaban J connectivity index is 2.88. The van der Waals surface area contributed by atoms with Crippen LogP contribution >= 0.6 is 0 Å². The van der Waals surface area contributed by atoms with E-state index in [0.717, 1.165) is 25.3 Å². The number of carbonyl (C=O) groups is 1. The molecule has 0 aromatic heterocycles. The predicted molar refractivity (Wildman–Crippen MR) is 81.3 cm³/mol. The highest BCUT2D eigenvalue weighted by Crippen LogP contribution is 2.37. The summed E-state index contributed by atoms with van der Waals surface area (Å²) in [5, 5.41) is 3.45. The van der Waals surface area contributed by atoms with Crippen LogP contribution in [0.25, 0.3) is 0 Å². The Morgan fingerprint density at radius 1 is 1.32 bits per heavy atom. The molecule has 1 aliphatic rings. The van der Waals surface area contributed by atoms with Crippen LogP contribution in [-0.4, -0.2) is 43.9 Å². The van der Waals surface area contributed by atoms with E-state index in [2.05, 4.69) is 45.0 Å². The zero-order valence-electron chi connectivity index (χ0n) is 13.4. The SMILES string of the molecule is CCC1CC(C)(C)CN(C)CC(NCC=O)C1CC. The maximum Gasteiger partial charge on any atom is 0.133 e. The van der Waals surface area contributed by atoms with Crippen LogP contribution in [0.15, 0.2) is 0 Å². The van der Waals surface area contributed by atoms with Crippen molar-refractivity contribution in [1.82, 2.24) is 10.2 Å². The molecule has 0 bridgehead atoms. The summed E-state index contributed by atoms with van der Waals surface area (Å²) in [6, 6.07) is 0.446. The van der Waals surface area contributed by atoms with Crippen molar-refractivity contribution < 1.29 is 4.79 Å². The van der Waals surface area contributed by atoms with Crippen LogP contribution in [0.4, 0.5) is 0 Å². The third-order valence-corrected chi connectivity index (χ3v) is 4.60. The van der Waals surface area contributed by atoms with E-state index in [9.17, 15) is 4.79 Å². The van der Waals surface area contributed by atoms with Gasteiger partial charge in [-0.15, -0.1) is 0 Å². The van der Waals surface area contributed by atoms with Gasteiger partial charge in [-0.05, 0) is 30.7 Å². The van der Waals surface area contributed by atoms with Crippen molar-refractivity contribution in [3.05, 3.63) is 0 Å². The summed E-state index contributed by atoms with van der Waals surface area (Å²) in [6.07, 6.45) is 4.70. The molecule has 0 aliphatic carbocycles. The molecule has 1 saturated heterocycles. The van der Waals surface area contributed by atoms with Gasteiger partial charge in [0.1, 0.15) is 6.29 Å². The molecular weight excluding hydrogens is 236 g/mol. The quantitative estimate of drug-likeness (QED) is 0.778. The Morgan fingerprint density at radius 2 is 2.00 bits per heavy atom. The molecule has 1 aliphatic heterocycles. The van der Waals surface area contributed by atoms with E-state index in [1.165, 1.54) is 19.3 Å². The zero-order valence-corrected chi connectivity index (χ0v) is 13.4. The number of likely N-dealkylation sites (tertiary alicyclic amines) is 1. The summed E-state index contributed by atoms with van der Waals surface area (Å²) in [5.41, 5.74) is 0.387. The van der Waals surface area contributed by atoms with E-state index < -0.39 is 0 Å². The standard InChI is InChI=1S/C16H32N2O/c1-6-13-10-16(3,4)12-18(5)11-15(14(13)7-2)17-8-9-19/h9,13-15,17H,6-8,10-12H2,1-5H3. The molecule has 1 fully saturated rings. The smallest absolute Gasteiger partial charge is 0.133 e. The second-order valence-electron chi connectivity index (χ2n) is 6.99. The minimum absolute atomic E-state index is 0.387. The van der Waals surface area contributed by atoms with E-state index in [-0.39, 0.29) is 0 Å². The fourth-order valence-corrected chi connectivity index (χ4v) is 4.00. The highest BCUT2D eigenvalue weighted by molar-refractivity contribution is 5.51. The largest absolute Gasteiger partial charge is 0.306 e. The van der Waals surface area contributed by atoms with Crippen molar-refractivity contribution in [2.75, 3.05) is 26.7 Å². The fraction of sp³-hybridized carbons (Fsp3) is 0.938. The third kappa shape index (κ3) is 4.88. The van der Waals surface area contributed by atoms with E-state index in [0.29, 0.717) is 23.9 Å². The average molecular weight is 268 g/mol. The molecule has 19 heavy (non-hydrogen) atoms. The first kappa shape index (κ1) is 16.6. The summed E-state index contributed by atoms with van der Waals surface area (Å²) < 4.78 is 0. The molecule has 1 N–H and O–H groups in total. The van der Waals surface area contributed by atoms with Gasteiger partial charge in [-0.2, -0.15) is 0 Å². The molecule has 3 atom stereocenters. The number of rotatable bonds is 5. The Bertz CT molecular complexity index is 278. The number of nitrogens with zero attached hydrogens (tertiary/aromatic N) is 1. The number of hydrogen-bond donors (Lipinski definition) is 1. The lowest BCUT2D eigenvalue weighted by Crippen LogP contribution is -2.51. The Labute approximate surface area is 119 Å². The van der Waals surface area contributed by atoms with Crippen LogP contribution in [0.3, 0.4) is 0 Å². The second-order valence-corrected chi connectivity index (χ2v) is 6.99. The molecule has 3 nitrogen and oxygen atoms in total. The normalized spacial score (nSPS) is 32.6. The number of carbonyl (C=O) groups excluding carboxylic acids is 1. The maximum absolute atomic E-state index is 10.7. The van der Waals surface area contributed by atoms with Gasteiger partial charge in [0.25, 0.3) is 0 Å². The first-order valence-corrected chi connectivity index (χ1v) is 7.79. The van der Waals surface area contributed by atoms with Crippen molar-refractivity contribution in [1.29, 1.82) is 0 Å². The number of likely N-dealkylation sites (N-methyl/N-ethyl adjacent to an activating group) is 1. The van der Waals surface area contributed by atoms with Gasteiger partial charge in [-0.1, -0.05) is 40.5 Å². The lowest BCUT2D eigenvalue weighted by atomic mass is 9.71. The fourth-order valence-electron chi connectivity index (χ4n) is 4.00. The number of nitrogens with one attached hydrogen (secondary N) is 1. The van der Waals surface area contributed by atoms with Gasteiger partial charge in [0.2, 0.25) is 0 Å². The topological polar surface area (TPSA) is 32.3 Å². The molecule has 3 unspecified atom stereocenters. The van der Waals surface area contributed by atoms with Crippen LogP contribution in [0, 0.1) is 17.3 Å². The van der Waals surface area contributed by atoms with Gasteiger partial charge in [-0.3, -0.25) is 0 Å². The molecular formula is C16H32N2O. The van der Waals surface area contributed by atoms with Crippen molar-refractivity contribution in [3.8, 4) is 0 Å². The van der Waals surface area contributed by atoms with Gasteiger partial charge in [-0.25, -0.2) is 0 Å². The molecule has 3 heteroatoms. The summed E-state index contributed by atoms with van der Waals surface area (Å²) in [7, 11) is 2.20. The summed E-state index contributed by atoms with van der Waals surface area (Å²) in [6.45, 7) is 12.0. The minimum Gasteiger partial charge on any atom is -0.306 e. The van der Waals surface area contributed by atoms with Gasteiger partial charge in [0.15, 0.2) is 0 Å². The Kier molecular flexibility index (Phi) is 6.48. The molecule has 0 radical (unpaired) electrons. The molecule has 0 saturated carbocycles. The van der Waals surface area contributed by atoms with E-state index in [1.807, 2.05) is 0 Å². The first-order chi connectivity index (χ1) is 8.93. The lowest BCUT2D eigenvalue weighted by Gasteiger charge is -2.44. The van der Waals surface area contributed by atoms with E-state index >= 15 is 0 Å². The third-order valence-electron chi connectivity index (χ3n) is 4.60. The predicted octanol–water partition coefficient (Wildman–Crippen LogP) is 2.56. The van der Waals surface area contributed by atoms with Crippen LogP contribution in [0.2, 0.25) is 0 Å². The lowest BCUT2D eigenvalue weighted by molar-refractivity contribution is -0.107. The number of aldehydes is 1. The molecule has 0 aromatic rings. The summed E-state index contributed by atoms with van der Waals surface area (Å²) >= 11 is 0. The molecule has 0 amide bonds. The van der Waals surface area contributed by atoms with Gasteiger partial charge in [0.05, 0.1) is 6.54 Å². The Hall–Kier alpha value is -0.410. The number of hydrogen-bond acceptors (Lipinski definition) is 3. The highest BCUT2D eigenvalue weighted by atomic mass is 16.1. The van der Waals surface area contributed by atoms with E-state index in [4.69, 9.17) is 0 Å². The van der Waals surface area contributed by atoms with Crippen LogP contribution in [-0.2, 0) is 4.79 Å². The minimum atomic E-state index is 0.387. The first-order valence-electron chi connectivity index (χ1n) is 7.79. The second kappa shape index (κ2) is 7.39. The highest BCUT2D eigenvalue weighted by Gasteiger charge is 2.35. The maximum atomic E-state index is 10.7. The molecule has 112 valence electrons. The molecule has 0 aromatic carbocycles. The van der Waals surface area contributed by atoms with E-state index in [1.54, 1.807) is 0 Å². The van der Waals surface area contributed by atoms with Crippen LogP contribution < -0.4 is 5.32 Å². The molecule has 0 spiro atoms. The zero-order chi connectivity index (χ0) is 14.5. The monoisotopic (exact) mass is 268 g/mol. The van der Waals surface area contributed by atoms with Gasteiger partial charge in [0, 0.05) is 19.1 Å². The summed E-state index contributed by atoms with van der Waals surface area (Å²) in [5.74, 6) is 1.44. The molecule has 1 rings (SSSR count). The van der Waals surface area contributed by atoms with Crippen molar-refractivity contribution in [2.24, 2.45) is 17.3 Å². The van der Waals surface area contributed by atoms with Crippen molar-refractivity contribution in [3.63, 3.8) is 0 Å². The summed E-state index contributed by atoms with van der Waals surface area (Å²) in [4.78, 5) is 13.1. The Morgan fingerprint density at radius 3 is 2.53 bits per heavy atom. The van der Waals surface area contributed by atoms with Crippen molar-refractivity contribution in [2.45, 2.75) is 53.0 Å². The van der Waals surface area contributed by atoms with Crippen molar-refractivity contribution >= 4 is 6.29 Å². The van der Waals surface area contributed by atoms with Crippen LogP contribution in [0.1, 0.15) is 47.0 Å². The van der Waals surface area contributed by atoms with Crippen LogP contribution in [0.5, 0.6) is 0 Å². The van der Waals surface area contributed by atoms with Gasteiger partial charge >= 0.3 is 0 Å². The van der Waals surface area contributed by atoms with Gasteiger partial charge < -0.3 is 15.0 Å². The average Bonchev–Trinajstić information content (AvgIpc) is 2.32. The molecule has 1 heterocycles.